The molecule has 2 N–H and O–H groups in total. The third-order valence-corrected chi connectivity index (χ3v) is 4.82. The number of benzene rings is 1. The molecule has 1 aromatic rings. The number of carbonyl (C=O) groups is 1. The molecule has 1 saturated heterocycles. The molecule has 0 bridgehead atoms. The minimum atomic E-state index is -4.22. The Morgan fingerprint density at radius 1 is 1.39 bits per heavy atom. The molecule has 1 aromatic carbocycles. The van der Waals surface area contributed by atoms with Gasteiger partial charge in [0.1, 0.15) is 5.75 Å². The summed E-state index contributed by atoms with van der Waals surface area (Å²) in [4.78, 5) is 15.8. The van der Waals surface area contributed by atoms with Crippen LogP contribution in [-0.4, -0.2) is 61.7 Å². The monoisotopic (exact) mass is 465 g/mol. The fraction of sp³-hybridized carbons (Fsp3) is 0.588. The lowest BCUT2D eigenvalue weighted by atomic mass is 10.1. The molecule has 0 aromatic heterocycles. The largest absolute Gasteiger partial charge is 0.496 e. The number of methoxy groups -OCH3 is 1. The molecule has 5 nitrogen and oxygen atoms in total. The van der Waals surface area contributed by atoms with Crippen molar-refractivity contribution in [3.63, 3.8) is 0 Å². The summed E-state index contributed by atoms with van der Waals surface area (Å²) in [6.45, 7) is 2.27. The van der Waals surface area contributed by atoms with Gasteiger partial charge in [-0.1, -0.05) is 18.5 Å². The Kier molecular flexibility index (Phi) is 10.8. The maximum Gasteiger partial charge on any atom is 0.401 e. The number of nitrogens with two attached hydrogens (primary N) is 1. The number of hydrogen-bond acceptors (Lipinski definition) is 4. The van der Waals surface area contributed by atoms with E-state index in [0.29, 0.717) is 49.6 Å². The van der Waals surface area contributed by atoms with Crippen molar-refractivity contribution in [3.05, 3.63) is 22.7 Å². The number of carbonyl (C=O) groups excluding carboxylic acids is 1. The second-order valence-electron chi connectivity index (χ2n) is 6.42. The van der Waals surface area contributed by atoms with Crippen molar-refractivity contribution in [2.45, 2.75) is 19.5 Å². The Bertz CT molecular complexity index is 663. The molecule has 1 unspecified atom stereocenters. The summed E-state index contributed by atoms with van der Waals surface area (Å²) in [5.41, 5.74) is 6.34. The number of ether oxygens (including phenoxy) is 1. The van der Waals surface area contributed by atoms with Gasteiger partial charge < -0.3 is 15.4 Å². The fourth-order valence-corrected chi connectivity index (χ4v) is 3.33. The summed E-state index contributed by atoms with van der Waals surface area (Å²) in [5, 5.41) is 0.257. The van der Waals surface area contributed by atoms with Crippen LogP contribution in [-0.2, 0) is 0 Å². The highest BCUT2D eigenvalue weighted by atomic mass is 35.5. The Labute approximate surface area is 180 Å². The average molecular weight is 467 g/mol. The SMILES string of the molecule is CCN(CC1CCN(C(=O)c2cc(Cl)c(N)cc2OC)C1)CC(F)(F)F.Cl.Cl. The average Bonchev–Trinajstić information content (AvgIpc) is 3.02. The van der Waals surface area contributed by atoms with Crippen LogP contribution < -0.4 is 10.5 Å². The van der Waals surface area contributed by atoms with Gasteiger partial charge in [0.2, 0.25) is 0 Å². The molecule has 1 atom stereocenters. The molecule has 1 aliphatic heterocycles. The highest BCUT2D eigenvalue weighted by Gasteiger charge is 2.34. The lowest BCUT2D eigenvalue weighted by Gasteiger charge is -2.25. The molecule has 1 heterocycles. The summed E-state index contributed by atoms with van der Waals surface area (Å²) in [5.74, 6) is 0.0641. The summed E-state index contributed by atoms with van der Waals surface area (Å²) in [7, 11) is 1.43. The number of alkyl halides is 3. The second-order valence-corrected chi connectivity index (χ2v) is 6.83. The van der Waals surface area contributed by atoms with E-state index in [4.69, 9.17) is 22.1 Å². The summed E-state index contributed by atoms with van der Waals surface area (Å²) in [6.07, 6.45) is -3.57. The maximum atomic E-state index is 12.8. The number of amides is 1. The zero-order chi connectivity index (χ0) is 19.5. The van der Waals surface area contributed by atoms with E-state index in [0.717, 1.165) is 0 Å². The van der Waals surface area contributed by atoms with Crippen LogP contribution in [0.4, 0.5) is 18.9 Å². The van der Waals surface area contributed by atoms with Crippen LogP contribution in [0.25, 0.3) is 0 Å². The molecule has 1 fully saturated rings. The summed E-state index contributed by atoms with van der Waals surface area (Å²) in [6, 6.07) is 2.96. The second kappa shape index (κ2) is 11.2. The Morgan fingerprint density at radius 2 is 2.04 bits per heavy atom. The van der Waals surface area contributed by atoms with E-state index in [2.05, 4.69) is 0 Å². The lowest BCUT2D eigenvalue weighted by Crippen LogP contribution is -2.38. The molecule has 28 heavy (non-hydrogen) atoms. The minimum absolute atomic E-state index is 0. The molecule has 1 aliphatic rings. The molecule has 1 amide bonds. The van der Waals surface area contributed by atoms with Crippen LogP contribution in [0.1, 0.15) is 23.7 Å². The van der Waals surface area contributed by atoms with Crippen LogP contribution in [0.3, 0.4) is 0 Å². The number of halogens is 6. The number of rotatable bonds is 6. The first kappa shape index (κ1) is 26.9. The standard InChI is InChI=1S/C17H23ClF3N3O2.2ClH/c1-3-23(10-17(19,20)21)8-11-4-5-24(9-11)16(25)12-6-13(18)14(22)7-15(12)26-2;;/h6-7,11H,3-5,8-10,22H2,1-2H3;2*1H. The van der Waals surface area contributed by atoms with E-state index < -0.39 is 12.7 Å². The summed E-state index contributed by atoms with van der Waals surface area (Å²) >= 11 is 6.01. The quantitative estimate of drug-likeness (QED) is 0.641. The van der Waals surface area contributed by atoms with Gasteiger partial charge in [0, 0.05) is 25.7 Å². The Balaban J connectivity index is 0.00000364. The van der Waals surface area contributed by atoms with Crippen LogP contribution in [0.2, 0.25) is 5.02 Å². The predicted octanol–water partition coefficient (Wildman–Crippen LogP) is 4.12. The van der Waals surface area contributed by atoms with Crippen LogP contribution >= 0.6 is 36.4 Å². The van der Waals surface area contributed by atoms with Gasteiger partial charge in [-0.15, -0.1) is 24.8 Å². The first-order valence-corrected chi connectivity index (χ1v) is 8.73. The van der Waals surface area contributed by atoms with E-state index in [1.165, 1.54) is 24.1 Å². The molecule has 2 rings (SSSR count). The zero-order valence-electron chi connectivity index (χ0n) is 15.6. The first-order chi connectivity index (χ1) is 12.1. The number of likely N-dealkylation sites (tertiary alicyclic amines) is 1. The van der Waals surface area contributed by atoms with Crippen LogP contribution in [0.15, 0.2) is 12.1 Å². The van der Waals surface area contributed by atoms with Crippen molar-refractivity contribution < 1.29 is 22.7 Å². The van der Waals surface area contributed by atoms with Crippen molar-refractivity contribution >= 4 is 48.0 Å². The van der Waals surface area contributed by atoms with E-state index >= 15 is 0 Å². The molecule has 11 heteroatoms. The molecule has 0 saturated carbocycles. The van der Waals surface area contributed by atoms with Crippen molar-refractivity contribution in [2.24, 2.45) is 5.92 Å². The van der Waals surface area contributed by atoms with E-state index in [-0.39, 0.29) is 41.7 Å². The van der Waals surface area contributed by atoms with Crippen molar-refractivity contribution in [2.75, 3.05) is 45.6 Å². The first-order valence-electron chi connectivity index (χ1n) is 8.36. The van der Waals surface area contributed by atoms with Crippen LogP contribution in [0, 0.1) is 5.92 Å². The van der Waals surface area contributed by atoms with E-state index in [9.17, 15) is 18.0 Å². The normalized spacial score (nSPS) is 16.5. The number of anilines is 1. The van der Waals surface area contributed by atoms with Gasteiger partial charge in [0.25, 0.3) is 5.91 Å². The smallest absolute Gasteiger partial charge is 0.401 e. The van der Waals surface area contributed by atoms with Gasteiger partial charge in [0.15, 0.2) is 0 Å². The van der Waals surface area contributed by atoms with E-state index in [1.807, 2.05) is 0 Å². The predicted molar refractivity (Wildman–Crippen MR) is 109 cm³/mol. The number of hydrogen-bond donors (Lipinski definition) is 1. The molecule has 162 valence electrons. The Hall–Kier alpha value is -1.09. The third-order valence-electron chi connectivity index (χ3n) is 4.49. The number of nitrogens with zero attached hydrogens (tertiary/aromatic N) is 2. The Morgan fingerprint density at radius 3 is 2.57 bits per heavy atom. The van der Waals surface area contributed by atoms with Gasteiger partial charge in [0.05, 0.1) is 29.9 Å². The highest BCUT2D eigenvalue weighted by Crippen LogP contribution is 2.31. The van der Waals surface area contributed by atoms with Crippen molar-refractivity contribution in [1.82, 2.24) is 9.80 Å². The molecule has 0 radical (unpaired) electrons. The number of nitrogen functional groups attached to an aromatic ring is 1. The molecular formula is C17H25Cl3F3N3O2. The molecule has 0 spiro atoms. The third kappa shape index (κ3) is 7.06. The zero-order valence-corrected chi connectivity index (χ0v) is 18.0. The fourth-order valence-electron chi connectivity index (χ4n) is 3.17. The summed E-state index contributed by atoms with van der Waals surface area (Å²) < 4.78 is 43.0. The highest BCUT2D eigenvalue weighted by molar-refractivity contribution is 6.33. The molecular weight excluding hydrogens is 442 g/mol. The maximum absolute atomic E-state index is 12.8. The lowest BCUT2D eigenvalue weighted by molar-refractivity contribution is -0.146. The van der Waals surface area contributed by atoms with Gasteiger partial charge in [-0.25, -0.2) is 0 Å². The van der Waals surface area contributed by atoms with Crippen LogP contribution in [0.5, 0.6) is 5.75 Å². The van der Waals surface area contributed by atoms with E-state index in [1.54, 1.807) is 11.8 Å². The topological polar surface area (TPSA) is 58.8 Å². The van der Waals surface area contributed by atoms with Gasteiger partial charge in [-0.3, -0.25) is 9.69 Å². The molecule has 0 aliphatic carbocycles. The van der Waals surface area contributed by atoms with Gasteiger partial charge in [-0.2, -0.15) is 13.2 Å². The minimum Gasteiger partial charge on any atom is -0.496 e. The van der Waals surface area contributed by atoms with Gasteiger partial charge >= 0.3 is 6.18 Å². The van der Waals surface area contributed by atoms with Crippen molar-refractivity contribution in [3.8, 4) is 5.75 Å². The van der Waals surface area contributed by atoms with Gasteiger partial charge in [-0.05, 0) is 24.9 Å². The van der Waals surface area contributed by atoms with Crippen molar-refractivity contribution in [1.29, 1.82) is 0 Å².